The van der Waals surface area contributed by atoms with E-state index in [2.05, 4.69) is 5.32 Å². The first kappa shape index (κ1) is 31.3. The number of carboxylic acid groups (broad SMARTS) is 1. The highest BCUT2D eigenvalue weighted by atomic mass is 31.2. The lowest BCUT2D eigenvalue weighted by Gasteiger charge is -2.27. The fraction of sp³-hybridized carbons (Fsp3) is 0.391. The minimum Gasteiger partial charge on any atom is -0.480 e. The summed E-state index contributed by atoms with van der Waals surface area (Å²) in [5, 5.41) is 33.5. The summed E-state index contributed by atoms with van der Waals surface area (Å²) in [6, 6.07) is 8.51. The Morgan fingerprint density at radius 1 is 0.923 bits per heavy atom. The fourth-order valence-corrected chi connectivity index (χ4v) is 4.25. The number of phosphoric acid groups is 1. The number of hydrogen-bond donors (Lipinski definition) is 2. The van der Waals surface area contributed by atoms with Crippen LogP contribution in [-0.2, 0) is 40.9 Å². The molecule has 0 radical (unpaired) electrons. The molecule has 1 amide bonds. The van der Waals surface area contributed by atoms with E-state index in [-0.39, 0.29) is 11.4 Å². The summed E-state index contributed by atoms with van der Waals surface area (Å²) in [6.07, 6.45) is -2.52. The molecule has 0 aromatic heterocycles. The molecule has 0 bridgehead atoms. The molecule has 0 fully saturated rings. The number of amides is 1. The monoisotopic (exact) mass is 569 g/mol. The second kappa shape index (κ2) is 13.2. The van der Waals surface area contributed by atoms with Crippen molar-refractivity contribution < 1.29 is 47.4 Å². The summed E-state index contributed by atoms with van der Waals surface area (Å²) in [5.74, 6) is -1.52. The zero-order chi connectivity index (χ0) is 29.4. The van der Waals surface area contributed by atoms with E-state index in [1.165, 1.54) is 55.5 Å². The van der Waals surface area contributed by atoms with Crippen LogP contribution in [0, 0.1) is 20.2 Å². The molecule has 0 aliphatic heterocycles. The Labute approximate surface area is 222 Å². The lowest BCUT2D eigenvalue weighted by Crippen LogP contribution is -2.49. The maximum absolute atomic E-state index is 13.5. The topological polar surface area (TPSA) is 207 Å². The van der Waals surface area contributed by atoms with Crippen LogP contribution in [0.2, 0.25) is 0 Å². The number of alkyl carbamates (subject to hydrolysis) is 1. The summed E-state index contributed by atoms with van der Waals surface area (Å²) in [7, 11) is -4.57. The molecule has 2 unspecified atom stereocenters. The van der Waals surface area contributed by atoms with E-state index in [1.54, 1.807) is 20.8 Å². The number of benzene rings is 2. The number of ether oxygens (including phenoxy) is 1. The quantitative estimate of drug-likeness (QED) is 0.191. The van der Waals surface area contributed by atoms with Gasteiger partial charge >= 0.3 is 19.9 Å². The van der Waals surface area contributed by atoms with E-state index in [0.717, 1.165) is 0 Å². The van der Waals surface area contributed by atoms with E-state index in [0.29, 0.717) is 11.1 Å². The minimum absolute atomic E-state index is 0.182. The highest BCUT2D eigenvalue weighted by molar-refractivity contribution is 7.48. The summed E-state index contributed by atoms with van der Waals surface area (Å²) in [5.41, 5.74) is -0.568. The molecule has 39 heavy (non-hydrogen) atoms. The normalized spacial score (nSPS) is 13.2. The van der Waals surface area contributed by atoms with Crippen LogP contribution in [0.3, 0.4) is 0 Å². The van der Waals surface area contributed by atoms with Gasteiger partial charge < -0.3 is 15.2 Å². The van der Waals surface area contributed by atoms with Crippen LogP contribution in [0.5, 0.6) is 0 Å². The highest BCUT2D eigenvalue weighted by Crippen LogP contribution is 2.52. The van der Waals surface area contributed by atoms with Crippen LogP contribution in [0.25, 0.3) is 0 Å². The highest BCUT2D eigenvalue weighted by Gasteiger charge is 2.37. The number of carboxylic acids is 1. The molecule has 2 atom stereocenters. The van der Waals surface area contributed by atoms with Crippen LogP contribution < -0.4 is 5.32 Å². The predicted octanol–water partition coefficient (Wildman–Crippen LogP) is 4.73. The molecule has 2 aromatic carbocycles. The first-order valence-corrected chi connectivity index (χ1v) is 12.8. The second-order valence-electron chi connectivity index (χ2n) is 9.11. The third-order valence-corrected chi connectivity index (χ3v) is 6.26. The Morgan fingerprint density at radius 2 is 1.33 bits per heavy atom. The molecule has 0 saturated carbocycles. The van der Waals surface area contributed by atoms with Crippen LogP contribution >= 0.6 is 7.82 Å². The molecule has 0 heterocycles. The first-order chi connectivity index (χ1) is 18.1. The van der Waals surface area contributed by atoms with Gasteiger partial charge in [-0.3, -0.25) is 33.8 Å². The van der Waals surface area contributed by atoms with Gasteiger partial charge in [-0.1, -0.05) is 0 Å². The van der Waals surface area contributed by atoms with Crippen LogP contribution in [0.1, 0.15) is 38.8 Å². The van der Waals surface area contributed by atoms with Gasteiger partial charge in [0.25, 0.3) is 11.4 Å². The molecule has 212 valence electrons. The van der Waals surface area contributed by atoms with Crippen molar-refractivity contribution in [3.05, 3.63) is 79.9 Å². The number of carbonyl (C=O) groups excluding carboxylic acids is 1. The van der Waals surface area contributed by atoms with Crippen LogP contribution in [-0.4, -0.2) is 44.8 Å². The molecule has 16 heteroatoms. The maximum Gasteiger partial charge on any atom is 0.475 e. The van der Waals surface area contributed by atoms with E-state index in [4.69, 9.17) is 18.3 Å². The van der Waals surface area contributed by atoms with Crippen LogP contribution in [0.4, 0.5) is 16.2 Å². The van der Waals surface area contributed by atoms with Crippen molar-refractivity contribution >= 4 is 31.3 Å². The smallest absolute Gasteiger partial charge is 0.475 e. The molecule has 0 saturated heterocycles. The standard InChI is InChI=1S/C23H28N3O12P/c1-15(20(21(27)28)24-22(29)37-23(2,3)4)38-39(34,35-13-16-5-9-18(10-6-16)25(30)31)36-14-17-7-11-19(12-8-17)26(32)33/h5-12,15,20H,13-14H2,1-4H3,(H,24,29)(H,27,28). The van der Waals surface area contributed by atoms with Crippen molar-refractivity contribution in [2.75, 3.05) is 0 Å². The molecule has 2 aromatic rings. The number of nitro groups is 2. The molecular formula is C23H28N3O12P. The summed E-state index contributed by atoms with van der Waals surface area (Å²) in [6.45, 7) is 5.14. The SMILES string of the molecule is CC(OP(=O)(OCc1ccc([N+](=O)[O-])cc1)OCc1ccc([N+](=O)[O-])cc1)C(NC(=O)OC(C)(C)C)C(=O)O. The van der Waals surface area contributed by atoms with Crippen molar-refractivity contribution in [1.29, 1.82) is 0 Å². The van der Waals surface area contributed by atoms with Gasteiger partial charge in [0.05, 0.1) is 29.2 Å². The van der Waals surface area contributed by atoms with Gasteiger partial charge in [0.2, 0.25) is 0 Å². The number of non-ortho nitro benzene ring substituents is 2. The number of carbonyl (C=O) groups is 2. The summed E-state index contributed by atoms with van der Waals surface area (Å²) >= 11 is 0. The average Bonchev–Trinajstić information content (AvgIpc) is 2.84. The molecule has 0 aliphatic carbocycles. The molecular weight excluding hydrogens is 541 g/mol. The van der Waals surface area contributed by atoms with Crippen molar-refractivity contribution in [1.82, 2.24) is 5.32 Å². The number of phosphoric ester groups is 1. The Hall–Kier alpha value is -3.91. The molecule has 0 aliphatic rings. The van der Waals surface area contributed by atoms with Crippen molar-refractivity contribution in [2.24, 2.45) is 0 Å². The number of nitrogens with zero attached hydrogens (tertiary/aromatic N) is 2. The van der Waals surface area contributed by atoms with Gasteiger partial charge in [-0.25, -0.2) is 14.2 Å². The predicted molar refractivity (Wildman–Crippen MR) is 135 cm³/mol. The lowest BCUT2D eigenvalue weighted by atomic mass is 10.2. The van der Waals surface area contributed by atoms with Crippen molar-refractivity contribution in [3.63, 3.8) is 0 Å². The van der Waals surface area contributed by atoms with Gasteiger partial charge in [0.15, 0.2) is 6.04 Å². The van der Waals surface area contributed by atoms with E-state index >= 15 is 0 Å². The Kier molecular flexibility index (Phi) is 10.6. The molecule has 2 N–H and O–H groups in total. The zero-order valence-electron chi connectivity index (χ0n) is 21.5. The number of nitro benzene ring substituents is 2. The van der Waals surface area contributed by atoms with Gasteiger partial charge in [-0.05, 0) is 63.1 Å². The maximum atomic E-state index is 13.5. The summed E-state index contributed by atoms with van der Waals surface area (Å²) in [4.78, 5) is 44.5. The lowest BCUT2D eigenvalue weighted by molar-refractivity contribution is -0.385. The minimum atomic E-state index is -4.57. The molecule has 2 rings (SSSR count). The fourth-order valence-electron chi connectivity index (χ4n) is 2.91. The summed E-state index contributed by atoms with van der Waals surface area (Å²) < 4.78 is 34.8. The van der Waals surface area contributed by atoms with E-state index in [9.17, 15) is 39.5 Å². The second-order valence-corrected chi connectivity index (χ2v) is 10.7. The molecule has 0 spiro atoms. The zero-order valence-corrected chi connectivity index (χ0v) is 22.4. The largest absolute Gasteiger partial charge is 0.480 e. The van der Waals surface area contributed by atoms with Gasteiger partial charge in [0, 0.05) is 24.3 Å². The van der Waals surface area contributed by atoms with Crippen LogP contribution in [0.15, 0.2) is 48.5 Å². The average molecular weight is 569 g/mol. The Bertz CT molecular complexity index is 1160. The Balaban J connectivity index is 2.22. The number of nitrogens with one attached hydrogen (secondary N) is 1. The molecule has 15 nitrogen and oxygen atoms in total. The number of hydrogen-bond acceptors (Lipinski definition) is 11. The van der Waals surface area contributed by atoms with E-state index in [1.807, 2.05) is 0 Å². The van der Waals surface area contributed by atoms with Gasteiger partial charge in [-0.2, -0.15) is 0 Å². The number of rotatable bonds is 13. The third-order valence-electron chi connectivity index (χ3n) is 4.78. The number of aliphatic carboxylic acids is 1. The van der Waals surface area contributed by atoms with Crippen molar-refractivity contribution in [3.8, 4) is 0 Å². The van der Waals surface area contributed by atoms with Crippen molar-refractivity contribution in [2.45, 2.75) is 58.7 Å². The first-order valence-electron chi connectivity index (χ1n) is 11.3. The van der Waals surface area contributed by atoms with Gasteiger partial charge in [-0.15, -0.1) is 0 Å². The third kappa shape index (κ3) is 10.4. The van der Waals surface area contributed by atoms with E-state index < -0.39 is 60.7 Å². The Morgan fingerprint density at radius 3 is 1.67 bits per heavy atom. The van der Waals surface area contributed by atoms with Gasteiger partial charge in [0.1, 0.15) is 5.60 Å².